The van der Waals surface area contributed by atoms with Gasteiger partial charge in [0.2, 0.25) is 0 Å². The van der Waals surface area contributed by atoms with Crippen LogP contribution in [0, 0.1) is 13.8 Å². The number of piperidine rings is 1. The van der Waals surface area contributed by atoms with Crippen LogP contribution in [0.15, 0.2) is 24.4 Å². The second kappa shape index (κ2) is 7.19. The van der Waals surface area contributed by atoms with Gasteiger partial charge in [-0.2, -0.15) is 5.10 Å². The number of carbonyl (C=O) groups excluding carboxylic acids is 1. The van der Waals surface area contributed by atoms with Crippen LogP contribution in [0.5, 0.6) is 5.75 Å². The molecule has 1 fully saturated rings. The molecule has 0 radical (unpaired) electrons. The monoisotopic (exact) mass is 357 g/mol. The summed E-state index contributed by atoms with van der Waals surface area (Å²) in [5.74, 6) is -0.265. The van der Waals surface area contributed by atoms with E-state index in [1.54, 1.807) is 24.8 Å². The van der Waals surface area contributed by atoms with E-state index in [0.29, 0.717) is 30.1 Å². The Balaban J connectivity index is 1.68. The van der Waals surface area contributed by atoms with Gasteiger partial charge in [-0.3, -0.25) is 9.48 Å². The van der Waals surface area contributed by atoms with Crippen molar-refractivity contribution in [1.82, 2.24) is 14.7 Å². The molecule has 1 aromatic carbocycles. The molecule has 0 aliphatic carbocycles. The number of aromatic nitrogens is 2. The molecule has 0 saturated carbocycles. The average molecular weight is 357 g/mol. The maximum atomic E-state index is 12.8. The molecule has 26 heavy (non-hydrogen) atoms. The first-order chi connectivity index (χ1) is 12.4. The fraction of sp³-hybridized carbons (Fsp3) is 0.421. The van der Waals surface area contributed by atoms with Crippen LogP contribution >= 0.6 is 0 Å². The minimum atomic E-state index is -0.963. The smallest absolute Gasteiger partial charge is 0.339 e. The van der Waals surface area contributed by atoms with Gasteiger partial charge in [0.05, 0.1) is 25.0 Å². The predicted molar refractivity (Wildman–Crippen MR) is 95.8 cm³/mol. The molecule has 1 aromatic heterocycles. The number of carbonyl (C=O) groups is 2. The zero-order valence-corrected chi connectivity index (χ0v) is 15.2. The summed E-state index contributed by atoms with van der Waals surface area (Å²) in [6.07, 6.45) is 2.89. The summed E-state index contributed by atoms with van der Waals surface area (Å²) in [7, 11) is 1.60. The third kappa shape index (κ3) is 3.29. The number of aryl methyl sites for hydroxylation is 1. The van der Waals surface area contributed by atoms with E-state index in [-0.39, 0.29) is 17.5 Å². The molecule has 1 N–H and O–H groups in total. The number of aromatic carboxylic acids is 1. The summed E-state index contributed by atoms with van der Waals surface area (Å²) in [5.41, 5.74) is 2.50. The molecule has 0 spiro atoms. The number of methoxy groups -OCH3 is 1. The number of rotatable bonds is 4. The number of hydrogen-bond acceptors (Lipinski definition) is 4. The molecule has 1 amide bonds. The van der Waals surface area contributed by atoms with Crippen LogP contribution in [0.1, 0.15) is 50.9 Å². The third-order valence-corrected chi connectivity index (χ3v) is 5.03. The summed E-state index contributed by atoms with van der Waals surface area (Å²) >= 11 is 0. The fourth-order valence-electron chi connectivity index (χ4n) is 3.45. The molecule has 2 aromatic rings. The van der Waals surface area contributed by atoms with Gasteiger partial charge in [-0.05, 0) is 44.4 Å². The molecular weight excluding hydrogens is 334 g/mol. The molecule has 1 aliphatic rings. The fourth-order valence-corrected chi connectivity index (χ4v) is 3.45. The molecule has 138 valence electrons. The summed E-state index contributed by atoms with van der Waals surface area (Å²) in [6, 6.07) is 5.60. The number of ether oxygens (including phenoxy) is 1. The van der Waals surface area contributed by atoms with E-state index >= 15 is 0 Å². The number of likely N-dealkylation sites (tertiary alicyclic amines) is 1. The second-order valence-electron chi connectivity index (χ2n) is 6.60. The van der Waals surface area contributed by atoms with E-state index < -0.39 is 5.97 Å². The quantitative estimate of drug-likeness (QED) is 0.909. The molecule has 7 heteroatoms. The van der Waals surface area contributed by atoms with Crippen molar-refractivity contribution >= 4 is 11.9 Å². The van der Waals surface area contributed by atoms with E-state index in [1.165, 1.54) is 6.20 Å². The highest BCUT2D eigenvalue weighted by Crippen LogP contribution is 2.26. The molecule has 0 bridgehead atoms. The van der Waals surface area contributed by atoms with Crippen LogP contribution < -0.4 is 4.74 Å². The van der Waals surface area contributed by atoms with E-state index in [4.69, 9.17) is 9.84 Å². The maximum Gasteiger partial charge on any atom is 0.339 e. The maximum absolute atomic E-state index is 12.8. The standard InChI is InChI=1S/C19H23N3O4/c1-12-4-5-14(10-17(12)26-3)18(23)21-8-6-15(7-9-21)22-13(2)16(11-20-22)19(24)25/h4-5,10-11,15H,6-9H2,1-3H3,(H,24,25). The Morgan fingerprint density at radius 1 is 1.23 bits per heavy atom. The molecule has 7 nitrogen and oxygen atoms in total. The number of carboxylic acids is 1. The Morgan fingerprint density at radius 2 is 1.92 bits per heavy atom. The summed E-state index contributed by atoms with van der Waals surface area (Å²) < 4.78 is 7.08. The van der Waals surface area contributed by atoms with Crippen molar-refractivity contribution in [2.24, 2.45) is 0 Å². The Kier molecular flexibility index (Phi) is 4.97. The normalized spacial score (nSPS) is 15.1. The van der Waals surface area contributed by atoms with Crippen LogP contribution in [0.4, 0.5) is 0 Å². The van der Waals surface area contributed by atoms with Gasteiger partial charge in [0.15, 0.2) is 0 Å². The van der Waals surface area contributed by atoms with Crippen molar-refractivity contribution < 1.29 is 19.4 Å². The zero-order valence-electron chi connectivity index (χ0n) is 15.2. The van der Waals surface area contributed by atoms with Gasteiger partial charge in [-0.25, -0.2) is 4.79 Å². The van der Waals surface area contributed by atoms with Crippen LogP contribution in [0.3, 0.4) is 0 Å². The van der Waals surface area contributed by atoms with Crippen molar-refractivity contribution in [1.29, 1.82) is 0 Å². The van der Waals surface area contributed by atoms with Crippen molar-refractivity contribution in [2.75, 3.05) is 20.2 Å². The van der Waals surface area contributed by atoms with Crippen LogP contribution in [-0.4, -0.2) is 51.9 Å². The Bertz CT molecular complexity index is 835. The first kappa shape index (κ1) is 18.0. The SMILES string of the molecule is COc1cc(C(=O)N2CCC(n3ncc(C(=O)O)c3C)CC2)ccc1C. The van der Waals surface area contributed by atoms with Crippen molar-refractivity contribution in [3.8, 4) is 5.75 Å². The first-order valence-electron chi connectivity index (χ1n) is 8.63. The molecule has 3 rings (SSSR count). The molecule has 1 aliphatic heterocycles. The lowest BCUT2D eigenvalue weighted by Gasteiger charge is -2.32. The van der Waals surface area contributed by atoms with Gasteiger partial charge in [-0.15, -0.1) is 0 Å². The second-order valence-corrected chi connectivity index (χ2v) is 6.60. The molecular formula is C19H23N3O4. The lowest BCUT2D eigenvalue weighted by molar-refractivity contribution is 0.0687. The Labute approximate surface area is 152 Å². The molecule has 1 saturated heterocycles. The lowest BCUT2D eigenvalue weighted by Crippen LogP contribution is -2.39. The van der Waals surface area contributed by atoms with Crippen molar-refractivity contribution in [3.63, 3.8) is 0 Å². The first-order valence-corrected chi connectivity index (χ1v) is 8.63. The highest BCUT2D eigenvalue weighted by Gasteiger charge is 2.27. The molecule has 2 heterocycles. The highest BCUT2D eigenvalue weighted by atomic mass is 16.5. The number of benzene rings is 1. The van der Waals surface area contributed by atoms with Crippen molar-refractivity contribution in [3.05, 3.63) is 46.8 Å². The van der Waals surface area contributed by atoms with E-state index in [9.17, 15) is 9.59 Å². The summed E-state index contributed by atoms with van der Waals surface area (Å²) in [4.78, 5) is 25.8. The topological polar surface area (TPSA) is 84.7 Å². The molecule has 0 atom stereocenters. The lowest BCUT2D eigenvalue weighted by atomic mass is 10.0. The van der Waals surface area contributed by atoms with Crippen LogP contribution in [0.25, 0.3) is 0 Å². The third-order valence-electron chi connectivity index (χ3n) is 5.03. The van der Waals surface area contributed by atoms with E-state index in [2.05, 4.69) is 5.10 Å². The minimum absolute atomic E-state index is 0.00911. The van der Waals surface area contributed by atoms with Gasteiger partial charge in [0.1, 0.15) is 11.3 Å². The Morgan fingerprint density at radius 3 is 2.50 bits per heavy atom. The predicted octanol–water partition coefficient (Wildman–Crippen LogP) is 2.68. The van der Waals surface area contributed by atoms with Gasteiger partial charge in [0, 0.05) is 18.7 Å². The van der Waals surface area contributed by atoms with Gasteiger partial charge >= 0.3 is 5.97 Å². The van der Waals surface area contributed by atoms with E-state index in [1.807, 2.05) is 24.0 Å². The van der Waals surface area contributed by atoms with Gasteiger partial charge in [-0.1, -0.05) is 6.07 Å². The number of nitrogens with zero attached hydrogens (tertiary/aromatic N) is 3. The average Bonchev–Trinajstić information content (AvgIpc) is 3.03. The Hall–Kier alpha value is -2.83. The van der Waals surface area contributed by atoms with Crippen molar-refractivity contribution in [2.45, 2.75) is 32.7 Å². The summed E-state index contributed by atoms with van der Waals surface area (Å²) in [5, 5.41) is 13.4. The number of amides is 1. The van der Waals surface area contributed by atoms with Gasteiger partial charge < -0.3 is 14.7 Å². The highest BCUT2D eigenvalue weighted by molar-refractivity contribution is 5.94. The number of hydrogen-bond donors (Lipinski definition) is 1. The minimum Gasteiger partial charge on any atom is -0.496 e. The largest absolute Gasteiger partial charge is 0.496 e. The van der Waals surface area contributed by atoms with Gasteiger partial charge in [0.25, 0.3) is 5.91 Å². The van der Waals surface area contributed by atoms with E-state index in [0.717, 1.165) is 18.4 Å². The summed E-state index contributed by atoms with van der Waals surface area (Å²) in [6.45, 7) is 4.94. The van der Waals surface area contributed by atoms with Crippen LogP contribution in [-0.2, 0) is 0 Å². The molecule has 0 unspecified atom stereocenters. The number of carboxylic acid groups (broad SMARTS) is 1. The van der Waals surface area contributed by atoms with Crippen LogP contribution in [0.2, 0.25) is 0 Å². The zero-order chi connectivity index (χ0) is 18.8.